The van der Waals surface area contributed by atoms with Crippen LogP contribution < -0.4 is 5.32 Å². The minimum absolute atomic E-state index is 0.0351. The molecule has 0 bridgehead atoms. The highest BCUT2D eigenvalue weighted by atomic mass is 16.6. The first kappa shape index (κ1) is 18.1. The first-order valence-corrected chi connectivity index (χ1v) is 7.18. The quantitative estimate of drug-likeness (QED) is 0.660. The first-order chi connectivity index (χ1) is 9.96. The fraction of sp³-hybridized carbons (Fsp3) is 0.562. The maximum absolute atomic E-state index is 12.4. The van der Waals surface area contributed by atoms with Gasteiger partial charge in [-0.3, -0.25) is 14.9 Å². The van der Waals surface area contributed by atoms with Crippen molar-refractivity contribution in [3.8, 4) is 0 Å². The summed E-state index contributed by atoms with van der Waals surface area (Å²) < 4.78 is 0. The Morgan fingerprint density at radius 3 is 2.32 bits per heavy atom. The van der Waals surface area contributed by atoms with E-state index in [1.807, 2.05) is 20.8 Å². The number of carbonyl (C=O) groups excluding carboxylic acids is 1. The second kappa shape index (κ2) is 6.44. The summed E-state index contributed by atoms with van der Waals surface area (Å²) in [6, 6.07) is 1.64. The van der Waals surface area contributed by atoms with Crippen LogP contribution in [0.15, 0.2) is 6.07 Å². The zero-order chi connectivity index (χ0) is 17.2. The summed E-state index contributed by atoms with van der Waals surface area (Å²) in [5.74, 6) is -0.401. The molecule has 1 unspecified atom stereocenters. The van der Waals surface area contributed by atoms with Crippen LogP contribution in [0.1, 0.15) is 47.8 Å². The van der Waals surface area contributed by atoms with Crippen LogP contribution in [0.5, 0.6) is 0 Å². The van der Waals surface area contributed by atoms with Crippen molar-refractivity contribution >= 4 is 11.6 Å². The van der Waals surface area contributed by atoms with Gasteiger partial charge in [0.15, 0.2) is 0 Å². The molecule has 0 heterocycles. The average Bonchev–Trinajstić information content (AvgIpc) is 2.33. The van der Waals surface area contributed by atoms with Gasteiger partial charge in [0.05, 0.1) is 16.6 Å². The van der Waals surface area contributed by atoms with E-state index in [0.29, 0.717) is 22.3 Å². The van der Waals surface area contributed by atoms with Crippen molar-refractivity contribution in [2.75, 3.05) is 6.54 Å². The van der Waals surface area contributed by atoms with E-state index >= 15 is 0 Å². The summed E-state index contributed by atoms with van der Waals surface area (Å²) >= 11 is 0. The number of amides is 1. The standard InChI is InChI=1S/C16H24N2O4/c1-9-7-10(2)14(18(21)22)11(3)13(9)15(20)17-8-12(19)16(4,5)6/h7,12,19H,8H2,1-6H3,(H,17,20). The molecular formula is C16H24N2O4. The third-order valence-electron chi connectivity index (χ3n) is 3.80. The van der Waals surface area contributed by atoms with Gasteiger partial charge in [0, 0.05) is 17.7 Å². The van der Waals surface area contributed by atoms with Gasteiger partial charge in [-0.25, -0.2) is 0 Å². The molecule has 1 aromatic carbocycles. The van der Waals surface area contributed by atoms with Crippen molar-refractivity contribution in [1.29, 1.82) is 0 Å². The molecule has 1 rings (SSSR count). The summed E-state index contributed by atoms with van der Waals surface area (Å²) in [5.41, 5.74) is 1.49. The number of nitro benzene ring substituents is 1. The molecule has 0 saturated carbocycles. The van der Waals surface area contributed by atoms with E-state index < -0.39 is 16.9 Å². The minimum Gasteiger partial charge on any atom is -0.391 e. The van der Waals surface area contributed by atoms with Gasteiger partial charge in [-0.15, -0.1) is 0 Å². The Labute approximate surface area is 130 Å². The largest absolute Gasteiger partial charge is 0.391 e. The molecule has 1 amide bonds. The van der Waals surface area contributed by atoms with Crippen molar-refractivity contribution in [1.82, 2.24) is 5.32 Å². The lowest BCUT2D eigenvalue weighted by Crippen LogP contribution is -2.39. The number of hydrogen-bond acceptors (Lipinski definition) is 4. The van der Waals surface area contributed by atoms with Crippen LogP contribution in [-0.2, 0) is 0 Å². The molecule has 0 aromatic heterocycles. The van der Waals surface area contributed by atoms with Gasteiger partial charge in [0.25, 0.3) is 11.6 Å². The molecule has 0 aliphatic rings. The summed E-state index contributed by atoms with van der Waals surface area (Å²) in [6.07, 6.45) is -0.697. The van der Waals surface area contributed by atoms with Crippen molar-refractivity contribution < 1.29 is 14.8 Å². The Hall–Kier alpha value is -1.95. The topological polar surface area (TPSA) is 92.5 Å². The van der Waals surface area contributed by atoms with Gasteiger partial charge in [0.2, 0.25) is 0 Å². The van der Waals surface area contributed by atoms with E-state index in [2.05, 4.69) is 5.32 Å². The van der Waals surface area contributed by atoms with E-state index in [4.69, 9.17) is 0 Å². The van der Waals surface area contributed by atoms with Crippen LogP contribution in [-0.4, -0.2) is 28.6 Å². The number of nitrogens with one attached hydrogen (secondary N) is 1. The smallest absolute Gasteiger partial charge is 0.275 e. The van der Waals surface area contributed by atoms with Gasteiger partial charge in [-0.2, -0.15) is 0 Å². The highest BCUT2D eigenvalue weighted by molar-refractivity contribution is 5.98. The van der Waals surface area contributed by atoms with Crippen molar-refractivity contribution in [2.45, 2.75) is 47.6 Å². The van der Waals surface area contributed by atoms with Gasteiger partial charge in [0.1, 0.15) is 0 Å². The van der Waals surface area contributed by atoms with E-state index in [0.717, 1.165) is 0 Å². The van der Waals surface area contributed by atoms with Crippen LogP contribution in [0.2, 0.25) is 0 Å². The molecule has 0 radical (unpaired) electrons. The molecule has 2 N–H and O–H groups in total. The van der Waals surface area contributed by atoms with Gasteiger partial charge in [-0.05, 0) is 37.8 Å². The van der Waals surface area contributed by atoms with Crippen molar-refractivity contribution in [3.63, 3.8) is 0 Å². The zero-order valence-corrected chi connectivity index (χ0v) is 14.0. The maximum Gasteiger partial charge on any atom is 0.275 e. The molecule has 0 saturated heterocycles. The average molecular weight is 308 g/mol. The summed E-state index contributed by atoms with van der Waals surface area (Å²) in [7, 11) is 0. The summed E-state index contributed by atoms with van der Waals surface area (Å²) in [5, 5.41) is 23.8. The summed E-state index contributed by atoms with van der Waals surface area (Å²) in [4.78, 5) is 23.1. The van der Waals surface area contributed by atoms with E-state index in [1.165, 1.54) is 0 Å². The monoisotopic (exact) mass is 308 g/mol. The van der Waals surface area contributed by atoms with Gasteiger partial charge in [-0.1, -0.05) is 20.8 Å². The molecule has 0 fully saturated rings. The fourth-order valence-corrected chi connectivity index (χ4v) is 2.39. The highest BCUT2D eigenvalue weighted by Crippen LogP contribution is 2.28. The first-order valence-electron chi connectivity index (χ1n) is 7.18. The lowest BCUT2D eigenvalue weighted by atomic mass is 9.89. The number of nitro groups is 1. The second-order valence-corrected chi connectivity index (χ2v) is 6.71. The van der Waals surface area contributed by atoms with Crippen LogP contribution in [0.4, 0.5) is 5.69 Å². The Morgan fingerprint density at radius 1 is 1.32 bits per heavy atom. The number of benzene rings is 1. The Morgan fingerprint density at radius 2 is 1.86 bits per heavy atom. The third-order valence-corrected chi connectivity index (χ3v) is 3.80. The van der Waals surface area contributed by atoms with Crippen molar-refractivity contribution in [3.05, 3.63) is 38.4 Å². The number of carbonyl (C=O) groups is 1. The van der Waals surface area contributed by atoms with E-state index in [1.54, 1.807) is 26.8 Å². The van der Waals surface area contributed by atoms with Gasteiger partial charge >= 0.3 is 0 Å². The number of aliphatic hydroxyl groups is 1. The Balaban J connectivity index is 3.09. The summed E-state index contributed by atoms with van der Waals surface area (Å²) in [6.45, 7) is 10.7. The number of aliphatic hydroxyl groups excluding tert-OH is 1. The van der Waals surface area contributed by atoms with Crippen LogP contribution in [0, 0.1) is 36.3 Å². The number of nitrogens with zero attached hydrogens (tertiary/aromatic N) is 1. The Kier molecular flexibility index (Phi) is 5.30. The molecule has 6 heteroatoms. The molecule has 1 aromatic rings. The number of hydrogen-bond donors (Lipinski definition) is 2. The predicted molar refractivity (Wildman–Crippen MR) is 85.1 cm³/mol. The van der Waals surface area contributed by atoms with E-state index in [9.17, 15) is 20.0 Å². The molecular weight excluding hydrogens is 284 g/mol. The highest BCUT2D eigenvalue weighted by Gasteiger charge is 2.26. The SMILES string of the molecule is Cc1cc(C)c([N+](=O)[O-])c(C)c1C(=O)NCC(O)C(C)(C)C. The number of aryl methyl sites for hydroxylation is 2. The van der Waals surface area contributed by atoms with Crippen LogP contribution in [0.3, 0.4) is 0 Å². The molecule has 6 nitrogen and oxygen atoms in total. The molecule has 0 spiro atoms. The normalized spacial score (nSPS) is 12.9. The lowest BCUT2D eigenvalue weighted by molar-refractivity contribution is -0.386. The molecule has 1 atom stereocenters. The Bertz CT molecular complexity index is 603. The lowest BCUT2D eigenvalue weighted by Gasteiger charge is -2.26. The number of rotatable bonds is 4. The molecule has 0 aliphatic heterocycles. The zero-order valence-electron chi connectivity index (χ0n) is 14.0. The third kappa shape index (κ3) is 3.82. The van der Waals surface area contributed by atoms with Crippen LogP contribution >= 0.6 is 0 Å². The van der Waals surface area contributed by atoms with Crippen LogP contribution in [0.25, 0.3) is 0 Å². The molecule has 0 aliphatic carbocycles. The minimum atomic E-state index is -0.697. The predicted octanol–water partition coefficient (Wildman–Crippen LogP) is 2.66. The van der Waals surface area contributed by atoms with Gasteiger partial charge < -0.3 is 10.4 Å². The van der Waals surface area contributed by atoms with E-state index in [-0.39, 0.29) is 17.6 Å². The maximum atomic E-state index is 12.4. The second-order valence-electron chi connectivity index (χ2n) is 6.71. The molecule has 22 heavy (non-hydrogen) atoms. The van der Waals surface area contributed by atoms with Crippen molar-refractivity contribution in [2.24, 2.45) is 5.41 Å². The molecule has 122 valence electrons. The fourth-order valence-electron chi connectivity index (χ4n) is 2.39.